The third kappa shape index (κ3) is 5.28. The lowest BCUT2D eigenvalue weighted by molar-refractivity contribution is 0.280. The lowest BCUT2D eigenvalue weighted by Gasteiger charge is -2.15. The summed E-state index contributed by atoms with van der Waals surface area (Å²) < 4.78 is 16.8. The van der Waals surface area contributed by atoms with E-state index in [1.54, 1.807) is 13.4 Å². The molecular weight excluding hydrogens is 338 g/mol. The van der Waals surface area contributed by atoms with Crippen LogP contribution in [0.5, 0.6) is 11.5 Å². The van der Waals surface area contributed by atoms with Crippen molar-refractivity contribution in [3.05, 3.63) is 83.8 Å². The number of nitrogens with one attached hydrogen (secondary N) is 1. The van der Waals surface area contributed by atoms with Crippen LogP contribution in [0.4, 0.5) is 0 Å². The Kier molecular flexibility index (Phi) is 7.38. The molecule has 0 aliphatic heterocycles. The van der Waals surface area contributed by atoms with Crippen LogP contribution in [0.3, 0.4) is 0 Å². The molecule has 0 radical (unpaired) electrons. The summed E-state index contributed by atoms with van der Waals surface area (Å²) in [5, 5.41) is 3.36. The predicted octanol–water partition coefficient (Wildman–Crippen LogP) is 4.58. The van der Waals surface area contributed by atoms with Crippen molar-refractivity contribution in [1.29, 1.82) is 0 Å². The quantitative estimate of drug-likeness (QED) is 0.639. The van der Waals surface area contributed by atoms with Crippen LogP contribution in [0.15, 0.2) is 71.3 Å². The van der Waals surface area contributed by atoms with Gasteiger partial charge < -0.3 is 19.2 Å². The molecule has 0 amide bonds. The van der Waals surface area contributed by atoms with E-state index < -0.39 is 0 Å². The Morgan fingerprint density at radius 3 is 2.48 bits per heavy atom. The maximum atomic E-state index is 6.04. The van der Waals surface area contributed by atoms with Gasteiger partial charge in [-0.3, -0.25) is 0 Å². The average Bonchev–Trinajstić information content (AvgIpc) is 3.14. The number of halogens is 1. The SMILES string of the molecule is COc1cccc(CNCc2ccco2)c1OCc1ccccc1.Cl. The predicted molar refractivity (Wildman–Crippen MR) is 100 cm³/mol. The van der Waals surface area contributed by atoms with E-state index in [9.17, 15) is 0 Å². The third-order valence-electron chi connectivity index (χ3n) is 3.70. The van der Waals surface area contributed by atoms with Gasteiger partial charge in [0, 0.05) is 12.1 Å². The normalized spacial score (nSPS) is 10.1. The molecule has 0 saturated carbocycles. The van der Waals surface area contributed by atoms with Crippen molar-refractivity contribution >= 4 is 12.4 Å². The van der Waals surface area contributed by atoms with E-state index in [-0.39, 0.29) is 12.4 Å². The van der Waals surface area contributed by atoms with Gasteiger partial charge in [-0.05, 0) is 23.8 Å². The second-order valence-corrected chi connectivity index (χ2v) is 5.41. The molecule has 132 valence electrons. The van der Waals surface area contributed by atoms with Crippen molar-refractivity contribution < 1.29 is 13.9 Å². The Bertz CT molecular complexity index is 745. The number of methoxy groups -OCH3 is 1. The van der Waals surface area contributed by atoms with Crippen LogP contribution in [0.1, 0.15) is 16.9 Å². The molecule has 0 spiro atoms. The topological polar surface area (TPSA) is 43.6 Å². The van der Waals surface area contributed by atoms with Crippen LogP contribution >= 0.6 is 12.4 Å². The summed E-state index contributed by atoms with van der Waals surface area (Å²) in [6.07, 6.45) is 1.68. The lowest BCUT2D eigenvalue weighted by Crippen LogP contribution is -2.13. The lowest BCUT2D eigenvalue weighted by atomic mass is 10.1. The highest BCUT2D eigenvalue weighted by molar-refractivity contribution is 5.85. The smallest absolute Gasteiger partial charge is 0.166 e. The second kappa shape index (κ2) is 9.77. The molecule has 1 aromatic heterocycles. The standard InChI is InChI=1S/C20H21NO3.ClH/c1-22-19-11-5-9-17(13-21-14-18-10-6-12-23-18)20(19)24-15-16-7-3-2-4-8-16;/h2-12,21H,13-15H2,1H3;1H. The fraction of sp³-hybridized carbons (Fsp3) is 0.200. The molecule has 1 heterocycles. The monoisotopic (exact) mass is 359 g/mol. The number of benzene rings is 2. The Balaban J connectivity index is 0.00000225. The van der Waals surface area contributed by atoms with Gasteiger partial charge in [0.15, 0.2) is 11.5 Å². The fourth-order valence-corrected chi connectivity index (χ4v) is 2.49. The molecule has 4 nitrogen and oxygen atoms in total. The zero-order chi connectivity index (χ0) is 16.6. The number of hydrogen-bond acceptors (Lipinski definition) is 4. The zero-order valence-electron chi connectivity index (χ0n) is 14.1. The molecule has 0 saturated heterocycles. The minimum absolute atomic E-state index is 0. The van der Waals surface area contributed by atoms with Gasteiger partial charge in [-0.15, -0.1) is 12.4 Å². The first kappa shape index (κ1) is 18.9. The Hall–Kier alpha value is -2.43. The van der Waals surface area contributed by atoms with E-state index in [1.165, 1.54) is 0 Å². The molecule has 25 heavy (non-hydrogen) atoms. The van der Waals surface area contributed by atoms with Gasteiger partial charge >= 0.3 is 0 Å². The molecule has 0 unspecified atom stereocenters. The molecule has 2 aromatic carbocycles. The fourth-order valence-electron chi connectivity index (χ4n) is 2.49. The van der Waals surface area contributed by atoms with Crippen molar-refractivity contribution in [3.8, 4) is 11.5 Å². The van der Waals surface area contributed by atoms with Crippen molar-refractivity contribution in [2.45, 2.75) is 19.7 Å². The Morgan fingerprint density at radius 1 is 0.920 bits per heavy atom. The molecule has 0 atom stereocenters. The van der Waals surface area contributed by atoms with Crippen LogP contribution in [-0.2, 0) is 19.7 Å². The summed E-state index contributed by atoms with van der Waals surface area (Å²) in [5.74, 6) is 2.42. The van der Waals surface area contributed by atoms with Gasteiger partial charge in [0.05, 0.1) is 19.9 Å². The largest absolute Gasteiger partial charge is 0.493 e. The first-order chi connectivity index (χ1) is 11.9. The van der Waals surface area contributed by atoms with Gasteiger partial charge in [0.25, 0.3) is 0 Å². The van der Waals surface area contributed by atoms with E-state index in [0.717, 1.165) is 28.4 Å². The summed E-state index contributed by atoms with van der Waals surface area (Å²) in [4.78, 5) is 0. The van der Waals surface area contributed by atoms with E-state index >= 15 is 0 Å². The zero-order valence-corrected chi connectivity index (χ0v) is 14.9. The van der Waals surface area contributed by atoms with E-state index in [4.69, 9.17) is 13.9 Å². The molecule has 3 rings (SSSR count). The maximum Gasteiger partial charge on any atom is 0.166 e. The van der Waals surface area contributed by atoms with Crippen LogP contribution in [0, 0.1) is 0 Å². The van der Waals surface area contributed by atoms with Crippen LogP contribution in [0.2, 0.25) is 0 Å². The van der Waals surface area contributed by atoms with Crippen molar-refractivity contribution in [1.82, 2.24) is 5.32 Å². The number of hydrogen-bond donors (Lipinski definition) is 1. The number of furan rings is 1. The van der Waals surface area contributed by atoms with Gasteiger partial charge in [-0.25, -0.2) is 0 Å². The summed E-state index contributed by atoms with van der Waals surface area (Å²) in [6, 6.07) is 19.9. The molecule has 0 aliphatic rings. The van der Waals surface area contributed by atoms with Crippen LogP contribution in [-0.4, -0.2) is 7.11 Å². The number of rotatable bonds is 8. The summed E-state index contributed by atoms with van der Waals surface area (Å²) in [5.41, 5.74) is 2.18. The third-order valence-corrected chi connectivity index (χ3v) is 3.70. The molecule has 0 bridgehead atoms. The second-order valence-electron chi connectivity index (χ2n) is 5.41. The van der Waals surface area contributed by atoms with Gasteiger partial charge in [0.2, 0.25) is 0 Å². The van der Waals surface area contributed by atoms with Crippen molar-refractivity contribution in [2.24, 2.45) is 0 Å². The highest BCUT2D eigenvalue weighted by atomic mass is 35.5. The highest BCUT2D eigenvalue weighted by Gasteiger charge is 2.11. The first-order valence-electron chi connectivity index (χ1n) is 7.92. The molecule has 1 N–H and O–H groups in total. The minimum atomic E-state index is 0. The van der Waals surface area contributed by atoms with Gasteiger partial charge in [-0.1, -0.05) is 42.5 Å². The van der Waals surface area contributed by atoms with Gasteiger partial charge in [-0.2, -0.15) is 0 Å². The molecule has 3 aromatic rings. The molecular formula is C20H22ClNO3. The Morgan fingerprint density at radius 2 is 1.76 bits per heavy atom. The van der Waals surface area contributed by atoms with Crippen molar-refractivity contribution in [2.75, 3.05) is 7.11 Å². The first-order valence-corrected chi connectivity index (χ1v) is 7.92. The summed E-state index contributed by atoms with van der Waals surface area (Å²) in [7, 11) is 1.66. The average molecular weight is 360 g/mol. The highest BCUT2D eigenvalue weighted by Crippen LogP contribution is 2.31. The Labute approximate surface area is 154 Å². The van der Waals surface area contributed by atoms with Crippen LogP contribution in [0.25, 0.3) is 0 Å². The van der Waals surface area contributed by atoms with E-state index in [0.29, 0.717) is 19.7 Å². The van der Waals surface area contributed by atoms with Gasteiger partial charge in [0.1, 0.15) is 12.4 Å². The summed E-state index contributed by atoms with van der Waals surface area (Å²) >= 11 is 0. The van der Waals surface area contributed by atoms with Crippen LogP contribution < -0.4 is 14.8 Å². The number of para-hydroxylation sites is 1. The van der Waals surface area contributed by atoms with E-state index in [2.05, 4.69) is 5.32 Å². The maximum absolute atomic E-state index is 6.04. The minimum Gasteiger partial charge on any atom is -0.493 e. The molecule has 5 heteroatoms. The number of ether oxygens (including phenoxy) is 2. The molecule has 0 aliphatic carbocycles. The van der Waals surface area contributed by atoms with Crippen molar-refractivity contribution in [3.63, 3.8) is 0 Å². The summed E-state index contributed by atoms with van der Waals surface area (Å²) in [6.45, 7) is 1.84. The van der Waals surface area contributed by atoms with E-state index in [1.807, 2.05) is 60.7 Å². The molecule has 0 fully saturated rings.